The van der Waals surface area contributed by atoms with Gasteiger partial charge in [0.2, 0.25) is 0 Å². The first-order valence-electron chi connectivity index (χ1n) is 5.59. The summed E-state index contributed by atoms with van der Waals surface area (Å²) in [7, 11) is 1.64. The first kappa shape index (κ1) is 11.5. The summed E-state index contributed by atoms with van der Waals surface area (Å²) in [6.45, 7) is 0. The number of benzene rings is 1. The topological polar surface area (TPSA) is 42.1 Å². The molecule has 0 aliphatic heterocycles. The van der Waals surface area contributed by atoms with Crippen molar-refractivity contribution in [2.45, 2.75) is 12.8 Å². The molecular formula is C14H15NO2. The van der Waals surface area contributed by atoms with Crippen molar-refractivity contribution in [1.29, 1.82) is 0 Å². The summed E-state index contributed by atoms with van der Waals surface area (Å²) >= 11 is 0. The lowest BCUT2D eigenvalue weighted by atomic mass is 10.1. The molecular weight excluding hydrogens is 214 g/mol. The van der Waals surface area contributed by atoms with Crippen molar-refractivity contribution < 1.29 is 9.53 Å². The second kappa shape index (κ2) is 5.34. The van der Waals surface area contributed by atoms with Crippen LogP contribution in [0.4, 0.5) is 0 Å². The maximum Gasteiger partial charge on any atom is 0.179 e. The molecule has 1 aromatic carbocycles. The minimum Gasteiger partial charge on any atom is -0.497 e. The van der Waals surface area contributed by atoms with Gasteiger partial charge in [-0.15, -0.1) is 0 Å². The Bertz CT molecular complexity index is 471. The number of methoxy groups -OCH3 is 1. The molecule has 3 heteroatoms. The average molecular weight is 229 g/mol. The Morgan fingerprint density at radius 2 is 2.00 bits per heavy atom. The number of H-pyrrole nitrogens is 1. The highest BCUT2D eigenvalue weighted by atomic mass is 16.5. The normalized spacial score (nSPS) is 10.2. The number of rotatable bonds is 5. The van der Waals surface area contributed by atoms with Gasteiger partial charge in [0.15, 0.2) is 5.78 Å². The Kier molecular flexibility index (Phi) is 3.60. The number of carbonyl (C=O) groups is 1. The second-order valence-electron chi connectivity index (χ2n) is 3.86. The number of aryl methyl sites for hydroxylation is 1. The van der Waals surface area contributed by atoms with Gasteiger partial charge in [-0.2, -0.15) is 0 Å². The zero-order valence-electron chi connectivity index (χ0n) is 9.77. The highest BCUT2D eigenvalue weighted by Crippen LogP contribution is 2.13. The van der Waals surface area contributed by atoms with Gasteiger partial charge in [-0.1, -0.05) is 12.1 Å². The SMILES string of the molecule is COc1ccc(CCC(=O)c2ccc[nH]2)cc1. The van der Waals surface area contributed by atoms with Gasteiger partial charge in [0.25, 0.3) is 0 Å². The molecule has 1 aromatic heterocycles. The highest BCUT2D eigenvalue weighted by Gasteiger charge is 2.06. The first-order chi connectivity index (χ1) is 8.29. The predicted octanol–water partition coefficient (Wildman–Crippen LogP) is 2.84. The van der Waals surface area contributed by atoms with Crippen molar-refractivity contribution in [3.05, 3.63) is 53.9 Å². The zero-order valence-corrected chi connectivity index (χ0v) is 9.77. The van der Waals surface area contributed by atoms with Gasteiger partial charge in [-0.3, -0.25) is 4.79 Å². The van der Waals surface area contributed by atoms with Crippen LogP contribution < -0.4 is 4.74 Å². The number of Topliss-reactive ketones (excluding diaryl/α,β-unsaturated/α-hetero) is 1. The van der Waals surface area contributed by atoms with Crippen LogP contribution in [0.2, 0.25) is 0 Å². The second-order valence-corrected chi connectivity index (χ2v) is 3.86. The standard InChI is InChI=1S/C14H15NO2/c1-17-12-7-4-11(5-8-12)6-9-14(16)13-3-2-10-15-13/h2-5,7-8,10,15H,6,9H2,1H3. The Morgan fingerprint density at radius 3 is 2.59 bits per heavy atom. The summed E-state index contributed by atoms with van der Waals surface area (Å²) < 4.78 is 5.08. The third kappa shape index (κ3) is 2.97. The number of aromatic amines is 1. The van der Waals surface area contributed by atoms with Crippen LogP contribution in [-0.2, 0) is 6.42 Å². The molecule has 0 aliphatic rings. The predicted molar refractivity (Wildman–Crippen MR) is 66.4 cm³/mol. The fourth-order valence-corrected chi connectivity index (χ4v) is 1.69. The van der Waals surface area contributed by atoms with Gasteiger partial charge in [0.1, 0.15) is 5.75 Å². The van der Waals surface area contributed by atoms with Crippen LogP contribution >= 0.6 is 0 Å². The van der Waals surface area contributed by atoms with E-state index < -0.39 is 0 Å². The fourth-order valence-electron chi connectivity index (χ4n) is 1.69. The van der Waals surface area contributed by atoms with Crippen LogP contribution in [0, 0.1) is 0 Å². The minimum absolute atomic E-state index is 0.144. The molecule has 2 rings (SSSR count). The monoisotopic (exact) mass is 229 g/mol. The Morgan fingerprint density at radius 1 is 1.24 bits per heavy atom. The van der Waals surface area contributed by atoms with Crippen LogP contribution in [0.1, 0.15) is 22.5 Å². The molecule has 0 saturated carbocycles. The lowest BCUT2D eigenvalue weighted by molar-refractivity contribution is 0.0978. The number of nitrogens with one attached hydrogen (secondary N) is 1. The number of aromatic nitrogens is 1. The molecule has 0 amide bonds. The molecule has 3 nitrogen and oxygen atoms in total. The van der Waals surface area contributed by atoms with Gasteiger partial charge in [0.05, 0.1) is 12.8 Å². The Labute approximate surface area is 100 Å². The number of hydrogen-bond acceptors (Lipinski definition) is 2. The van der Waals surface area contributed by atoms with Crippen molar-refractivity contribution in [2.24, 2.45) is 0 Å². The molecule has 0 spiro atoms. The van der Waals surface area contributed by atoms with Crippen molar-refractivity contribution >= 4 is 5.78 Å². The van der Waals surface area contributed by atoms with Crippen molar-refractivity contribution in [1.82, 2.24) is 4.98 Å². The summed E-state index contributed by atoms with van der Waals surface area (Å²) in [6.07, 6.45) is 3.04. The molecule has 0 fully saturated rings. The van der Waals surface area contributed by atoms with Crippen LogP contribution in [0.5, 0.6) is 5.75 Å². The van der Waals surface area contributed by atoms with E-state index in [4.69, 9.17) is 4.74 Å². The summed E-state index contributed by atoms with van der Waals surface area (Å²) in [5.41, 5.74) is 1.82. The van der Waals surface area contributed by atoms with E-state index in [2.05, 4.69) is 4.98 Å². The highest BCUT2D eigenvalue weighted by molar-refractivity contribution is 5.94. The van der Waals surface area contributed by atoms with E-state index in [0.717, 1.165) is 17.7 Å². The van der Waals surface area contributed by atoms with Crippen LogP contribution in [0.3, 0.4) is 0 Å². The van der Waals surface area contributed by atoms with E-state index in [1.54, 1.807) is 19.4 Å². The molecule has 0 aliphatic carbocycles. The van der Waals surface area contributed by atoms with E-state index in [-0.39, 0.29) is 5.78 Å². The summed E-state index contributed by atoms with van der Waals surface area (Å²) in [5.74, 6) is 0.982. The minimum atomic E-state index is 0.144. The lowest BCUT2D eigenvalue weighted by Gasteiger charge is -2.02. The summed E-state index contributed by atoms with van der Waals surface area (Å²) in [4.78, 5) is 14.7. The van der Waals surface area contributed by atoms with E-state index in [1.165, 1.54) is 0 Å². The van der Waals surface area contributed by atoms with Gasteiger partial charge in [0, 0.05) is 12.6 Å². The van der Waals surface area contributed by atoms with Crippen molar-refractivity contribution in [2.75, 3.05) is 7.11 Å². The van der Waals surface area contributed by atoms with Gasteiger partial charge in [-0.05, 0) is 36.2 Å². The molecule has 0 unspecified atom stereocenters. The smallest absolute Gasteiger partial charge is 0.179 e. The van der Waals surface area contributed by atoms with Crippen LogP contribution in [-0.4, -0.2) is 17.9 Å². The van der Waals surface area contributed by atoms with E-state index in [0.29, 0.717) is 12.1 Å². The largest absolute Gasteiger partial charge is 0.497 e. The molecule has 17 heavy (non-hydrogen) atoms. The molecule has 1 heterocycles. The van der Waals surface area contributed by atoms with E-state index in [9.17, 15) is 4.79 Å². The summed E-state index contributed by atoms with van der Waals surface area (Å²) in [5, 5.41) is 0. The van der Waals surface area contributed by atoms with Crippen LogP contribution in [0.25, 0.3) is 0 Å². The maximum atomic E-state index is 11.7. The van der Waals surface area contributed by atoms with Gasteiger partial charge < -0.3 is 9.72 Å². The number of carbonyl (C=O) groups excluding carboxylic acids is 1. The fraction of sp³-hybridized carbons (Fsp3) is 0.214. The van der Waals surface area contributed by atoms with Crippen molar-refractivity contribution in [3.8, 4) is 5.75 Å². The Balaban J connectivity index is 1.91. The lowest BCUT2D eigenvalue weighted by Crippen LogP contribution is -2.01. The third-order valence-electron chi connectivity index (χ3n) is 2.70. The molecule has 0 saturated heterocycles. The molecule has 2 aromatic rings. The zero-order chi connectivity index (χ0) is 12.1. The quantitative estimate of drug-likeness (QED) is 0.801. The van der Waals surface area contributed by atoms with Crippen LogP contribution in [0.15, 0.2) is 42.6 Å². The maximum absolute atomic E-state index is 11.7. The van der Waals surface area contributed by atoms with Crippen molar-refractivity contribution in [3.63, 3.8) is 0 Å². The molecule has 0 atom stereocenters. The Hall–Kier alpha value is -2.03. The van der Waals surface area contributed by atoms with E-state index >= 15 is 0 Å². The van der Waals surface area contributed by atoms with Gasteiger partial charge in [-0.25, -0.2) is 0 Å². The summed E-state index contributed by atoms with van der Waals surface area (Å²) in [6, 6.07) is 11.4. The number of ketones is 1. The number of hydrogen-bond donors (Lipinski definition) is 1. The third-order valence-corrected chi connectivity index (χ3v) is 2.70. The first-order valence-corrected chi connectivity index (χ1v) is 5.59. The average Bonchev–Trinajstić information content (AvgIpc) is 2.90. The van der Waals surface area contributed by atoms with Gasteiger partial charge >= 0.3 is 0 Å². The molecule has 0 bridgehead atoms. The molecule has 88 valence electrons. The van der Waals surface area contributed by atoms with E-state index in [1.807, 2.05) is 30.3 Å². The number of ether oxygens (including phenoxy) is 1. The molecule has 0 radical (unpaired) electrons. The molecule has 1 N–H and O–H groups in total.